The van der Waals surface area contributed by atoms with Gasteiger partial charge in [-0.2, -0.15) is 5.26 Å². The van der Waals surface area contributed by atoms with Crippen molar-refractivity contribution < 1.29 is 4.39 Å². The number of nitriles is 1. The number of likely N-dealkylation sites (tertiary alicyclic amines) is 1. The zero-order valence-corrected chi connectivity index (χ0v) is 10.6. The average Bonchev–Trinajstić information content (AvgIpc) is 2.38. The Hall–Kier alpha value is -1.44. The fourth-order valence-corrected chi connectivity index (χ4v) is 2.36. The van der Waals surface area contributed by atoms with Crippen LogP contribution in [0.5, 0.6) is 0 Å². The zero-order chi connectivity index (χ0) is 13.0. The Morgan fingerprint density at radius 1 is 1.56 bits per heavy atom. The van der Waals surface area contributed by atoms with E-state index >= 15 is 0 Å². The maximum atomic E-state index is 13.2. The van der Waals surface area contributed by atoms with Crippen LogP contribution >= 0.6 is 0 Å². The van der Waals surface area contributed by atoms with Crippen LogP contribution < -0.4 is 5.32 Å². The van der Waals surface area contributed by atoms with Crippen LogP contribution in [0.2, 0.25) is 0 Å². The molecule has 0 bridgehead atoms. The quantitative estimate of drug-likeness (QED) is 0.886. The lowest BCUT2D eigenvalue weighted by Gasteiger charge is -2.30. The molecule has 1 N–H and O–H groups in total. The smallest absolute Gasteiger partial charge is 0.140 e. The maximum absolute atomic E-state index is 13.2. The first kappa shape index (κ1) is 13.0. The van der Waals surface area contributed by atoms with Gasteiger partial charge in [0, 0.05) is 19.1 Å². The summed E-state index contributed by atoms with van der Waals surface area (Å²) < 4.78 is 13.2. The van der Waals surface area contributed by atoms with E-state index in [1.54, 1.807) is 12.1 Å². The van der Waals surface area contributed by atoms with Crippen LogP contribution in [0.4, 0.5) is 4.39 Å². The van der Waals surface area contributed by atoms with E-state index in [2.05, 4.69) is 17.3 Å². The number of halogens is 1. The molecule has 3 nitrogen and oxygen atoms in total. The topological polar surface area (TPSA) is 39.1 Å². The van der Waals surface area contributed by atoms with Gasteiger partial charge in [-0.15, -0.1) is 0 Å². The Bertz CT molecular complexity index is 453. The van der Waals surface area contributed by atoms with Crippen LogP contribution in [-0.4, -0.2) is 31.1 Å². The van der Waals surface area contributed by atoms with Gasteiger partial charge >= 0.3 is 0 Å². The van der Waals surface area contributed by atoms with E-state index in [4.69, 9.17) is 5.26 Å². The molecule has 1 heterocycles. The Kier molecular flexibility index (Phi) is 4.29. The highest BCUT2D eigenvalue weighted by Gasteiger charge is 2.16. The van der Waals surface area contributed by atoms with Crippen LogP contribution in [0.3, 0.4) is 0 Å². The highest BCUT2D eigenvalue weighted by atomic mass is 19.1. The number of hydrogen-bond acceptors (Lipinski definition) is 3. The molecule has 0 aromatic heterocycles. The molecular weight excluding hydrogens is 229 g/mol. The van der Waals surface area contributed by atoms with E-state index in [1.165, 1.54) is 18.9 Å². The number of benzene rings is 1. The minimum Gasteiger partial charge on any atom is -0.309 e. The minimum absolute atomic E-state index is 0.120. The van der Waals surface area contributed by atoms with Crippen molar-refractivity contribution in [3.05, 3.63) is 35.1 Å². The van der Waals surface area contributed by atoms with Gasteiger partial charge in [-0.3, -0.25) is 0 Å². The third-order valence-electron chi connectivity index (χ3n) is 3.37. The summed E-state index contributed by atoms with van der Waals surface area (Å²) in [7, 11) is 2.12. The van der Waals surface area contributed by atoms with E-state index in [1.807, 2.05) is 6.07 Å². The van der Waals surface area contributed by atoms with Crippen molar-refractivity contribution in [2.45, 2.75) is 25.4 Å². The molecule has 1 aromatic carbocycles. The van der Waals surface area contributed by atoms with Gasteiger partial charge in [0.05, 0.1) is 5.56 Å². The van der Waals surface area contributed by atoms with Crippen molar-refractivity contribution in [1.29, 1.82) is 5.26 Å². The lowest BCUT2D eigenvalue weighted by Crippen LogP contribution is -2.43. The van der Waals surface area contributed by atoms with Crippen molar-refractivity contribution >= 4 is 0 Å². The van der Waals surface area contributed by atoms with E-state index in [0.717, 1.165) is 18.7 Å². The van der Waals surface area contributed by atoms with Crippen molar-refractivity contribution in [2.75, 3.05) is 20.1 Å². The fourth-order valence-electron chi connectivity index (χ4n) is 2.36. The molecule has 1 saturated heterocycles. The summed E-state index contributed by atoms with van der Waals surface area (Å²) in [5.41, 5.74) is 1.08. The molecule has 4 heteroatoms. The third kappa shape index (κ3) is 3.28. The lowest BCUT2D eigenvalue weighted by molar-refractivity contribution is 0.226. The van der Waals surface area contributed by atoms with Gasteiger partial charge in [0.25, 0.3) is 0 Å². The Morgan fingerprint density at radius 2 is 2.39 bits per heavy atom. The standard InChI is InChI=1S/C14H18FN3/c1-18-6-2-3-13(10-18)17-9-11-4-5-14(15)12(7-11)8-16/h4-5,7,13,17H,2-3,6,9-10H2,1H3. The van der Waals surface area contributed by atoms with Crippen molar-refractivity contribution in [3.63, 3.8) is 0 Å². The first-order valence-electron chi connectivity index (χ1n) is 6.29. The number of nitrogens with zero attached hydrogens (tertiary/aromatic N) is 2. The Morgan fingerprint density at radius 3 is 3.11 bits per heavy atom. The summed E-state index contributed by atoms with van der Waals surface area (Å²) in [6, 6.07) is 7.07. The molecule has 1 aromatic rings. The lowest BCUT2D eigenvalue weighted by atomic mass is 10.1. The van der Waals surface area contributed by atoms with E-state index in [0.29, 0.717) is 12.6 Å². The zero-order valence-electron chi connectivity index (χ0n) is 10.6. The van der Waals surface area contributed by atoms with Gasteiger partial charge in [0.1, 0.15) is 11.9 Å². The molecule has 0 amide bonds. The molecule has 18 heavy (non-hydrogen) atoms. The number of nitrogens with one attached hydrogen (secondary N) is 1. The molecule has 1 aliphatic rings. The molecule has 1 atom stereocenters. The molecule has 0 radical (unpaired) electrons. The maximum Gasteiger partial charge on any atom is 0.140 e. The highest BCUT2D eigenvalue weighted by Crippen LogP contribution is 2.12. The normalized spacial score (nSPS) is 20.6. The van der Waals surface area contributed by atoms with E-state index in [-0.39, 0.29) is 5.56 Å². The summed E-state index contributed by atoms with van der Waals surface area (Å²) >= 11 is 0. The number of hydrogen-bond donors (Lipinski definition) is 1. The van der Waals surface area contributed by atoms with E-state index < -0.39 is 5.82 Å². The summed E-state index contributed by atoms with van der Waals surface area (Å²) in [6.45, 7) is 2.90. The molecule has 2 rings (SSSR count). The predicted molar refractivity (Wildman–Crippen MR) is 68.5 cm³/mol. The van der Waals surface area contributed by atoms with Gasteiger partial charge < -0.3 is 10.2 Å². The summed E-state index contributed by atoms with van der Waals surface area (Å²) in [4.78, 5) is 2.31. The van der Waals surface area contributed by atoms with Gasteiger partial charge in [-0.25, -0.2) is 4.39 Å². The van der Waals surface area contributed by atoms with Gasteiger partial charge in [0.2, 0.25) is 0 Å². The molecule has 0 aliphatic carbocycles. The second kappa shape index (κ2) is 5.94. The van der Waals surface area contributed by atoms with Crippen LogP contribution in [0.1, 0.15) is 24.0 Å². The SMILES string of the molecule is CN1CCCC(NCc2ccc(F)c(C#N)c2)C1. The average molecular weight is 247 g/mol. The van der Waals surface area contributed by atoms with Gasteiger partial charge in [0.15, 0.2) is 0 Å². The molecule has 0 saturated carbocycles. The number of rotatable bonds is 3. The third-order valence-corrected chi connectivity index (χ3v) is 3.37. The van der Waals surface area contributed by atoms with Gasteiger partial charge in [-0.05, 0) is 44.1 Å². The minimum atomic E-state index is -0.446. The molecule has 1 aliphatic heterocycles. The molecular formula is C14H18FN3. The largest absolute Gasteiger partial charge is 0.309 e. The Labute approximate surface area is 107 Å². The summed E-state index contributed by atoms with van der Waals surface area (Å²) in [5, 5.41) is 12.2. The second-order valence-corrected chi connectivity index (χ2v) is 4.91. The first-order chi connectivity index (χ1) is 8.69. The van der Waals surface area contributed by atoms with Crippen molar-refractivity contribution in [1.82, 2.24) is 10.2 Å². The number of piperidine rings is 1. The van der Waals surface area contributed by atoms with Crippen molar-refractivity contribution in [2.24, 2.45) is 0 Å². The molecule has 1 unspecified atom stereocenters. The highest BCUT2D eigenvalue weighted by molar-refractivity contribution is 5.34. The van der Waals surface area contributed by atoms with Crippen LogP contribution in [0, 0.1) is 17.1 Å². The molecule has 1 fully saturated rings. The first-order valence-corrected chi connectivity index (χ1v) is 6.29. The number of likely N-dealkylation sites (N-methyl/N-ethyl adjacent to an activating group) is 1. The second-order valence-electron chi connectivity index (χ2n) is 4.91. The molecule has 0 spiro atoms. The molecule has 96 valence electrons. The van der Waals surface area contributed by atoms with Crippen LogP contribution in [0.15, 0.2) is 18.2 Å². The van der Waals surface area contributed by atoms with E-state index in [9.17, 15) is 4.39 Å². The summed E-state index contributed by atoms with van der Waals surface area (Å²) in [6.07, 6.45) is 2.39. The fraction of sp³-hybridized carbons (Fsp3) is 0.500. The van der Waals surface area contributed by atoms with Crippen LogP contribution in [-0.2, 0) is 6.54 Å². The Balaban J connectivity index is 1.92. The monoisotopic (exact) mass is 247 g/mol. The predicted octanol–water partition coefficient (Wildman–Crippen LogP) is 1.88. The van der Waals surface area contributed by atoms with Crippen LogP contribution in [0.25, 0.3) is 0 Å². The summed E-state index contributed by atoms with van der Waals surface area (Å²) in [5.74, 6) is -0.446. The van der Waals surface area contributed by atoms with Crippen molar-refractivity contribution in [3.8, 4) is 6.07 Å². The van der Waals surface area contributed by atoms with Gasteiger partial charge in [-0.1, -0.05) is 6.07 Å².